The summed E-state index contributed by atoms with van der Waals surface area (Å²) in [5.74, 6) is -0.186. The first-order valence-corrected chi connectivity index (χ1v) is 7.09. The molecule has 3 rings (SSSR count). The van der Waals surface area contributed by atoms with Crippen LogP contribution in [0.15, 0.2) is 42.5 Å². The summed E-state index contributed by atoms with van der Waals surface area (Å²) in [5.41, 5.74) is 4.24. The average molecular weight is 299 g/mol. The highest BCUT2D eigenvalue weighted by Crippen LogP contribution is 2.25. The summed E-state index contributed by atoms with van der Waals surface area (Å²) in [6, 6.07) is 13.3. The van der Waals surface area contributed by atoms with Crippen molar-refractivity contribution in [3.05, 3.63) is 64.3 Å². The van der Waals surface area contributed by atoms with Crippen LogP contribution in [0.3, 0.4) is 0 Å². The van der Waals surface area contributed by atoms with E-state index in [2.05, 4.69) is 10.3 Å². The topological polar surface area (TPSA) is 44.9 Å². The minimum absolute atomic E-state index is 0.186. The summed E-state index contributed by atoms with van der Waals surface area (Å²) in [6.45, 7) is 3.97. The largest absolute Gasteiger partial charge is 0.350 e. The summed E-state index contributed by atoms with van der Waals surface area (Å²) in [4.78, 5) is 15.6. The number of nitrogens with one attached hydrogen (secondary N) is 2. The second-order valence-electron chi connectivity index (χ2n) is 5.11. The van der Waals surface area contributed by atoms with Gasteiger partial charge in [-0.15, -0.1) is 0 Å². The third-order valence-electron chi connectivity index (χ3n) is 3.56. The minimum Gasteiger partial charge on any atom is -0.350 e. The van der Waals surface area contributed by atoms with Crippen molar-refractivity contribution in [2.24, 2.45) is 0 Å². The maximum atomic E-state index is 12.4. The molecule has 0 saturated heterocycles. The van der Waals surface area contributed by atoms with Gasteiger partial charge in [-0.05, 0) is 43.2 Å². The Kier molecular flexibility index (Phi) is 3.43. The van der Waals surface area contributed by atoms with Gasteiger partial charge >= 0.3 is 0 Å². The van der Waals surface area contributed by atoms with Gasteiger partial charge in [-0.3, -0.25) is 4.79 Å². The van der Waals surface area contributed by atoms with Gasteiger partial charge in [0.1, 0.15) is 5.69 Å². The van der Waals surface area contributed by atoms with Gasteiger partial charge < -0.3 is 10.3 Å². The van der Waals surface area contributed by atoms with Gasteiger partial charge in [0.25, 0.3) is 5.91 Å². The van der Waals surface area contributed by atoms with E-state index in [4.69, 9.17) is 11.6 Å². The van der Waals surface area contributed by atoms with Crippen LogP contribution in [0.4, 0.5) is 5.69 Å². The molecule has 0 unspecified atom stereocenters. The van der Waals surface area contributed by atoms with Crippen molar-refractivity contribution < 1.29 is 4.79 Å². The molecule has 3 aromatic rings. The third kappa shape index (κ3) is 2.52. The van der Waals surface area contributed by atoms with Crippen LogP contribution in [0.5, 0.6) is 0 Å². The maximum Gasteiger partial charge on any atom is 0.272 e. The van der Waals surface area contributed by atoms with E-state index in [1.54, 1.807) is 12.1 Å². The van der Waals surface area contributed by atoms with Gasteiger partial charge in [0.2, 0.25) is 0 Å². The number of anilines is 1. The minimum atomic E-state index is -0.186. The zero-order valence-electron chi connectivity index (χ0n) is 11.8. The summed E-state index contributed by atoms with van der Waals surface area (Å²) < 4.78 is 0. The Balaban J connectivity index is 1.98. The second-order valence-corrected chi connectivity index (χ2v) is 5.52. The normalized spacial score (nSPS) is 10.8. The van der Waals surface area contributed by atoms with Crippen LogP contribution in [-0.2, 0) is 0 Å². The second kappa shape index (κ2) is 5.26. The van der Waals surface area contributed by atoms with E-state index in [1.807, 2.05) is 44.2 Å². The Hall–Kier alpha value is -2.26. The predicted molar refractivity (Wildman–Crippen MR) is 87.2 cm³/mol. The van der Waals surface area contributed by atoms with Gasteiger partial charge in [-0.1, -0.05) is 35.9 Å². The molecule has 2 N–H and O–H groups in total. The summed E-state index contributed by atoms with van der Waals surface area (Å²) >= 11 is 6.07. The van der Waals surface area contributed by atoms with Crippen molar-refractivity contribution in [1.82, 2.24) is 4.98 Å². The van der Waals surface area contributed by atoms with E-state index in [1.165, 1.54) is 0 Å². The molecule has 0 atom stereocenters. The first kappa shape index (κ1) is 13.7. The van der Waals surface area contributed by atoms with Gasteiger partial charge in [-0.25, -0.2) is 0 Å². The van der Waals surface area contributed by atoms with Crippen molar-refractivity contribution in [2.45, 2.75) is 13.8 Å². The molecule has 0 spiro atoms. The quantitative estimate of drug-likeness (QED) is 0.708. The average Bonchev–Trinajstić information content (AvgIpc) is 2.78. The number of H-pyrrole nitrogens is 1. The molecule has 4 heteroatoms. The fraction of sp³-hybridized carbons (Fsp3) is 0.118. The molecule has 1 heterocycles. The highest BCUT2D eigenvalue weighted by atomic mass is 35.5. The number of aryl methyl sites for hydroxylation is 2. The lowest BCUT2D eigenvalue weighted by Gasteiger charge is -2.06. The lowest BCUT2D eigenvalue weighted by Crippen LogP contribution is -2.13. The van der Waals surface area contributed by atoms with Crippen LogP contribution in [0.1, 0.15) is 21.6 Å². The first-order chi connectivity index (χ1) is 10.1. The number of fused-ring (bicyclic) bond motifs is 1. The van der Waals surface area contributed by atoms with Crippen molar-refractivity contribution >= 4 is 34.1 Å². The highest BCUT2D eigenvalue weighted by molar-refractivity contribution is 6.33. The molecular weight excluding hydrogens is 284 g/mol. The fourth-order valence-electron chi connectivity index (χ4n) is 2.43. The molecule has 0 saturated carbocycles. The SMILES string of the molecule is Cc1ccc2c(C)c(C(=O)Nc3ccccc3Cl)[nH]c2c1. The van der Waals surface area contributed by atoms with Crippen LogP contribution < -0.4 is 5.32 Å². The number of halogens is 1. The summed E-state index contributed by atoms with van der Waals surface area (Å²) in [7, 11) is 0. The molecule has 1 amide bonds. The molecule has 1 aromatic heterocycles. The number of benzene rings is 2. The third-order valence-corrected chi connectivity index (χ3v) is 3.89. The molecule has 3 nitrogen and oxygen atoms in total. The van der Waals surface area contributed by atoms with Crippen LogP contribution in [-0.4, -0.2) is 10.9 Å². The first-order valence-electron chi connectivity index (χ1n) is 6.71. The zero-order valence-corrected chi connectivity index (χ0v) is 12.6. The molecular formula is C17H15ClN2O. The molecule has 0 aliphatic carbocycles. The van der Waals surface area contributed by atoms with E-state index in [-0.39, 0.29) is 5.91 Å². The van der Waals surface area contributed by atoms with E-state index >= 15 is 0 Å². The summed E-state index contributed by atoms with van der Waals surface area (Å²) in [5, 5.41) is 4.42. The van der Waals surface area contributed by atoms with Crippen molar-refractivity contribution in [3.63, 3.8) is 0 Å². The number of aromatic amines is 1. The Morgan fingerprint density at radius 3 is 2.67 bits per heavy atom. The number of hydrogen-bond acceptors (Lipinski definition) is 1. The standard InChI is InChI=1S/C17H15ClN2O/c1-10-7-8-12-11(2)16(19-15(12)9-10)17(21)20-14-6-4-3-5-13(14)18/h3-9,19H,1-2H3,(H,20,21). The molecule has 21 heavy (non-hydrogen) atoms. The van der Waals surface area contributed by atoms with E-state index in [0.29, 0.717) is 16.4 Å². The summed E-state index contributed by atoms with van der Waals surface area (Å²) in [6.07, 6.45) is 0. The molecule has 106 valence electrons. The van der Waals surface area contributed by atoms with E-state index in [0.717, 1.165) is 22.0 Å². The highest BCUT2D eigenvalue weighted by Gasteiger charge is 2.15. The number of rotatable bonds is 2. The van der Waals surface area contributed by atoms with E-state index in [9.17, 15) is 4.79 Å². The zero-order chi connectivity index (χ0) is 15.0. The molecule has 0 fully saturated rings. The molecule has 2 aromatic carbocycles. The number of aromatic nitrogens is 1. The smallest absolute Gasteiger partial charge is 0.272 e. The molecule has 0 aliphatic heterocycles. The van der Waals surface area contributed by atoms with Gasteiger partial charge in [0.15, 0.2) is 0 Å². The fourth-order valence-corrected chi connectivity index (χ4v) is 2.61. The van der Waals surface area contributed by atoms with Gasteiger partial charge in [0, 0.05) is 10.9 Å². The number of hydrogen-bond donors (Lipinski definition) is 2. The van der Waals surface area contributed by atoms with Crippen LogP contribution in [0.25, 0.3) is 10.9 Å². The van der Waals surface area contributed by atoms with Crippen molar-refractivity contribution in [1.29, 1.82) is 0 Å². The Bertz CT molecular complexity index is 836. The van der Waals surface area contributed by atoms with Crippen LogP contribution in [0.2, 0.25) is 5.02 Å². The van der Waals surface area contributed by atoms with Gasteiger partial charge in [0.05, 0.1) is 10.7 Å². The van der Waals surface area contributed by atoms with Crippen LogP contribution in [0, 0.1) is 13.8 Å². The van der Waals surface area contributed by atoms with Crippen molar-refractivity contribution in [3.8, 4) is 0 Å². The number of carbonyl (C=O) groups is 1. The maximum absolute atomic E-state index is 12.4. The lowest BCUT2D eigenvalue weighted by molar-refractivity contribution is 0.102. The predicted octanol–water partition coefficient (Wildman–Crippen LogP) is 4.69. The monoisotopic (exact) mass is 298 g/mol. The Morgan fingerprint density at radius 2 is 1.90 bits per heavy atom. The number of para-hydroxylation sites is 1. The van der Waals surface area contributed by atoms with Gasteiger partial charge in [-0.2, -0.15) is 0 Å². The lowest BCUT2D eigenvalue weighted by atomic mass is 10.1. The molecule has 0 aliphatic rings. The number of amides is 1. The molecule has 0 radical (unpaired) electrons. The van der Waals surface area contributed by atoms with E-state index < -0.39 is 0 Å². The Morgan fingerprint density at radius 1 is 1.14 bits per heavy atom. The molecule has 0 bridgehead atoms. The Labute approximate surface area is 127 Å². The van der Waals surface area contributed by atoms with Crippen LogP contribution >= 0.6 is 11.6 Å². The van der Waals surface area contributed by atoms with Crippen molar-refractivity contribution in [2.75, 3.05) is 5.32 Å². The number of carbonyl (C=O) groups excluding carboxylic acids is 1.